The van der Waals surface area contributed by atoms with Crippen LogP contribution in [0.25, 0.3) is 43.8 Å². The molecule has 0 bridgehead atoms. The molecule has 0 spiro atoms. The second kappa shape index (κ2) is 19.3. The van der Waals surface area contributed by atoms with Crippen molar-refractivity contribution in [3.63, 3.8) is 0 Å². The van der Waals surface area contributed by atoms with Crippen LogP contribution in [0, 0.1) is 6.08 Å². The normalized spacial score (nSPS) is 11.9. The second-order valence-electron chi connectivity index (χ2n) is 15.5. The van der Waals surface area contributed by atoms with Crippen molar-refractivity contribution in [1.82, 2.24) is 0 Å². The van der Waals surface area contributed by atoms with Crippen LogP contribution >= 0.6 is 0 Å². The van der Waals surface area contributed by atoms with Crippen LogP contribution in [0.15, 0.2) is 170 Å². The van der Waals surface area contributed by atoms with Gasteiger partial charge in [0.15, 0.2) is 0 Å². The standard InChI is InChI=1S/C33H33.C12H10Si.C5H5.2ClH.Zr/c1-32(2,3)30-20-26-24(18-28(30)22-13-9-7-10-14-22)17-25-19-29(23-15-11-8-12-16-23)31(21-27(25)26)33(4,5)6;1-3-7-11(8-4-1)13-12-9-5-2-6-10-12;1-2-4-5-3-1;;;/h7-21H,1-6H3;1-10H;1-3H,4H2;2*1H;/q-1;;-1;;;+2/p-2. The topological polar surface area (TPSA) is 0 Å². The van der Waals surface area contributed by atoms with E-state index in [-0.39, 0.29) is 35.6 Å². The van der Waals surface area contributed by atoms with Gasteiger partial charge < -0.3 is 24.8 Å². The predicted molar refractivity (Wildman–Crippen MR) is 225 cm³/mol. The van der Waals surface area contributed by atoms with Gasteiger partial charge in [-0.1, -0.05) is 114 Å². The molecule has 54 heavy (non-hydrogen) atoms. The summed E-state index contributed by atoms with van der Waals surface area (Å²) in [7, 11) is 0. The molecule has 272 valence electrons. The first-order valence-corrected chi connectivity index (χ1v) is 23.4. The van der Waals surface area contributed by atoms with Crippen LogP contribution in [-0.2, 0) is 34.2 Å². The Morgan fingerprint density at radius 1 is 0.537 bits per heavy atom. The Hall–Kier alpha value is -3.65. The molecule has 1 aliphatic rings. The second-order valence-corrected chi connectivity index (χ2v) is 21.0. The van der Waals surface area contributed by atoms with Gasteiger partial charge in [0.25, 0.3) is 0 Å². The predicted octanol–water partition coefficient (Wildman–Crippen LogP) is 6.29. The van der Waals surface area contributed by atoms with Gasteiger partial charge in [0.1, 0.15) is 0 Å². The molecule has 8 rings (SSSR count). The molecule has 0 heterocycles. The maximum absolute atomic E-state index is 2.99. The average molecular weight is 839 g/mol. The molecule has 0 aromatic heterocycles. The minimum atomic E-state index is -0.455. The molecule has 0 saturated heterocycles. The maximum atomic E-state index is 2.99. The van der Waals surface area contributed by atoms with Gasteiger partial charge in [-0.2, -0.15) is 6.08 Å². The van der Waals surface area contributed by atoms with E-state index in [1.165, 1.54) is 65.3 Å². The number of hydrogen-bond donors (Lipinski definition) is 0. The summed E-state index contributed by atoms with van der Waals surface area (Å²) < 4.78 is 0. The van der Waals surface area contributed by atoms with Crippen molar-refractivity contribution in [3.05, 3.63) is 187 Å². The Bertz CT molecular complexity index is 2160. The molecule has 0 fully saturated rings. The summed E-state index contributed by atoms with van der Waals surface area (Å²) in [6, 6.07) is 55.4. The van der Waals surface area contributed by atoms with Gasteiger partial charge in [-0.25, -0.2) is 12.2 Å². The van der Waals surface area contributed by atoms with Gasteiger partial charge in [0.2, 0.25) is 0 Å². The quantitative estimate of drug-likeness (QED) is 0.145. The first-order valence-electron chi connectivity index (χ1n) is 18.2. The molecule has 0 amide bonds. The third-order valence-electron chi connectivity index (χ3n) is 9.48. The van der Waals surface area contributed by atoms with Crippen LogP contribution in [0.4, 0.5) is 0 Å². The van der Waals surface area contributed by atoms with Crippen LogP contribution in [-0.4, -0.2) is 5.43 Å². The van der Waals surface area contributed by atoms with Crippen molar-refractivity contribution in [1.29, 1.82) is 0 Å². The van der Waals surface area contributed by atoms with Crippen LogP contribution in [0.3, 0.4) is 0 Å². The van der Waals surface area contributed by atoms with Crippen molar-refractivity contribution in [2.45, 2.75) is 58.8 Å². The Morgan fingerprint density at radius 3 is 1.20 bits per heavy atom. The molecule has 0 atom stereocenters. The van der Waals surface area contributed by atoms with Gasteiger partial charge in [0, 0.05) is 0 Å². The summed E-state index contributed by atoms with van der Waals surface area (Å²) in [6.07, 6.45) is 10.0. The minimum absolute atomic E-state index is 0. The zero-order valence-corrected chi connectivity index (χ0v) is 37.1. The number of allylic oxidation sites excluding steroid dienone is 4. The SMILES string of the molecule is CC(C)(C)c1cc2c(cc1-c1ccccc1)[cH-]c1cc(-c3ccccc3)c(C(C)(C)C)cc12.[C-]1=CC=CC1.[Cl-].[Cl-].[Zr+2]=[Si](c1ccccc1)c1ccccc1. The molecule has 1 aliphatic carbocycles. The van der Waals surface area contributed by atoms with Gasteiger partial charge in [0.05, 0.1) is 0 Å². The Morgan fingerprint density at radius 2 is 0.907 bits per heavy atom. The summed E-state index contributed by atoms with van der Waals surface area (Å²) in [5, 5.41) is 8.40. The molecule has 0 unspecified atom stereocenters. The fourth-order valence-electron chi connectivity index (χ4n) is 6.78. The van der Waals surface area contributed by atoms with E-state index in [0.29, 0.717) is 0 Å². The summed E-state index contributed by atoms with van der Waals surface area (Å²) in [5.41, 5.74) is 7.71. The first-order chi connectivity index (χ1) is 25.0. The fourth-order valence-corrected chi connectivity index (χ4v) is 10.6. The van der Waals surface area contributed by atoms with Crippen LogP contribution in [0.2, 0.25) is 0 Å². The zero-order chi connectivity index (χ0) is 36.7. The first kappa shape index (κ1) is 43.1. The summed E-state index contributed by atoms with van der Waals surface area (Å²) in [6.45, 7) is 13.9. The number of fused-ring (bicyclic) bond motifs is 3. The fraction of sp³-hybridized carbons (Fsp3) is 0.180. The number of rotatable bonds is 4. The van der Waals surface area contributed by atoms with Crippen LogP contribution < -0.4 is 35.2 Å². The van der Waals surface area contributed by atoms with Crippen LogP contribution in [0.5, 0.6) is 0 Å². The molecule has 0 nitrogen and oxygen atoms in total. The van der Waals surface area contributed by atoms with E-state index in [0.717, 1.165) is 6.42 Å². The average Bonchev–Trinajstić information content (AvgIpc) is 3.86. The third-order valence-corrected chi connectivity index (χ3v) is 15.6. The van der Waals surface area contributed by atoms with E-state index in [9.17, 15) is 0 Å². The van der Waals surface area contributed by atoms with Crippen molar-refractivity contribution >= 4 is 37.4 Å². The Balaban J connectivity index is 0.000000255. The van der Waals surface area contributed by atoms with E-state index in [1.807, 2.05) is 12.2 Å². The van der Waals surface area contributed by atoms with Gasteiger partial charge in [-0.05, 0) is 44.2 Å². The molecule has 0 N–H and O–H groups in total. The van der Waals surface area contributed by atoms with E-state index in [1.54, 1.807) is 23.3 Å². The molecular weight excluding hydrogens is 791 g/mol. The molecule has 7 aromatic carbocycles. The molecule has 4 heteroatoms. The van der Waals surface area contributed by atoms with Crippen molar-refractivity contribution in [2.24, 2.45) is 0 Å². The van der Waals surface area contributed by atoms with Crippen LogP contribution in [0.1, 0.15) is 59.1 Å². The molecule has 0 radical (unpaired) electrons. The molecular formula is C50H48Cl2SiZr-2. The summed E-state index contributed by atoms with van der Waals surface area (Å²) in [5.74, 6) is 0. The van der Waals surface area contributed by atoms with Crippen molar-refractivity contribution in [2.75, 3.05) is 0 Å². The van der Waals surface area contributed by atoms with Crippen molar-refractivity contribution in [3.8, 4) is 22.3 Å². The Kier molecular flexibility index (Phi) is 15.4. The number of benzene rings is 6. The summed E-state index contributed by atoms with van der Waals surface area (Å²) in [4.78, 5) is 0. The monoisotopic (exact) mass is 836 g/mol. The summed E-state index contributed by atoms with van der Waals surface area (Å²) >= 11 is 1.64. The van der Waals surface area contributed by atoms with Gasteiger partial charge in [-0.3, -0.25) is 6.08 Å². The molecule has 0 aliphatic heterocycles. The third kappa shape index (κ3) is 10.6. The zero-order valence-electron chi connectivity index (χ0n) is 32.1. The molecule has 7 aromatic rings. The van der Waals surface area contributed by atoms with E-state index in [4.69, 9.17) is 0 Å². The Labute approximate surface area is 351 Å². The van der Waals surface area contributed by atoms with E-state index in [2.05, 4.69) is 205 Å². The van der Waals surface area contributed by atoms with E-state index < -0.39 is 5.43 Å². The number of hydrogen-bond acceptors (Lipinski definition) is 0. The number of halogens is 2. The van der Waals surface area contributed by atoms with Crippen molar-refractivity contribution < 1.29 is 48.1 Å². The van der Waals surface area contributed by atoms with Gasteiger partial charge in [-0.15, -0.1) is 46.2 Å². The van der Waals surface area contributed by atoms with Gasteiger partial charge >= 0.3 is 99.8 Å². The van der Waals surface area contributed by atoms with E-state index >= 15 is 0 Å². The molecule has 0 saturated carbocycles.